The lowest BCUT2D eigenvalue weighted by molar-refractivity contribution is -0.138. The maximum Gasteiger partial charge on any atom is 0.416 e. The molecule has 0 saturated carbocycles. The summed E-state index contributed by atoms with van der Waals surface area (Å²) in [5, 5.41) is 10.0. The average Bonchev–Trinajstić information content (AvgIpc) is 2.43. The summed E-state index contributed by atoms with van der Waals surface area (Å²) >= 11 is 0. The zero-order valence-electron chi connectivity index (χ0n) is 11.7. The second-order valence-electron chi connectivity index (χ2n) is 4.85. The van der Waals surface area contributed by atoms with E-state index in [1.807, 2.05) is 6.92 Å². The number of benzene rings is 1. The zero-order valence-corrected chi connectivity index (χ0v) is 11.7. The number of rotatable bonds is 5. The number of hydrogen-bond donors (Lipinski definition) is 2. The van der Waals surface area contributed by atoms with Crippen LogP contribution in [0, 0.1) is 5.92 Å². The molecule has 0 aliphatic carbocycles. The molecular formula is C14H20F3NO2. The third kappa shape index (κ3) is 3.64. The molecule has 0 aliphatic rings. The fraction of sp³-hybridized carbons (Fsp3) is 0.571. The molecule has 0 bridgehead atoms. The quantitative estimate of drug-likeness (QED) is 0.876. The van der Waals surface area contributed by atoms with Gasteiger partial charge in [-0.2, -0.15) is 13.2 Å². The lowest BCUT2D eigenvalue weighted by Gasteiger charge is -2.26. The maximum atomic E-state index is 13.1. The number of ether oxygens (including phenoxy) is 1. The van der Waals surface area contributed by atoms with E-state index in [4.69, 9.17) is 10.5 Å². The number of methoxy groups -OCH3 is 1. The highest BCUT2D eigenvalue weighted by atomic mass is 19.4. The predicted molar refractivity (Wildman–Crippen MR) is 70.4 cm³/mol. The van der Waals surface area contributed by atoms with Crippen molar-refractivity contribution >= 4 is 0 Å². The molecule has 0 amide bonds. The Labute approximate surface area is 116 Å². The Balaban J connectivity index is 3.23. The van der Waals surface area contributed by atoms with Gasteiger partial charge in [-0.05, 0) is 23.6 Å². The van der Waals surface area contributed by atoms with Gasteiger partial charge in [0.25, 0.3) is 0 Å². The van der Waals surface area contributed by atoms with Gasteiger partial charge in [-0.3, -0.25) is 0 Å². The first-order valence-corrected chi connectivity index (χ1v) is 6.41. The molecule has 1 rings (SSSR count). The van der Waals surface area contributed by atoms with Gasteiger partial charge in [0.15, 0.2) is 0 Å². The van der Waals surface area contributed by atoms with Gasteiger partial charge in [0, 0.05) is 0 Å². The Bertz CT molecular complexity index is 449. The standard InChI is InChI=1S/C14H20F3NO2/c1-4-8(2)13(19)12(18)10-6-5-9(20-3)7-11(10)14(15,16)17/h5-8,12-13,19H,4,18H2,1-3H3/t8?,12-,13+/m0/s1. The van der Waals surface area contributed by atoms with Gasteiger partial charge in [0.05, 0.1) is 24.8 Å². The SMILES string of the molecule is CCC(C)[C@@H](O)[C@@H](N)c1ccc(OC)cc1C(F)(F)F. The van der Waals surface area contributed by atoms with Gasteiger partial charge < -0.3 is 15.6 Å². The summed E-state index contributed by atoms with van der Waals surface area (Å²) in [6.07, 6.45) is -4.95. The van der Waals surface area contributed by atoms with Crippen molar-refractivity contribution in [3.8, 4) is 5.75 Å². The number of hydrogen-bond acceptors (Lipinski definition) is 3. The lowest BCUT2D eigenvalue weighted by atomic mass is 9.89. The molecule has 0 aliphatic heterocycles. The fourth-order valence-corrected chi connectivity index (χ4v) is 1.98. The highest BCUT2D eigenvalue weighted by Crippen LogP contribution is 2.37. The topological polar surface area (TPSA) is 55.5 Å². The smallest absolute Gasteiger partial charge is 0.416 e. The van der Waals surface area contributed by atoms with Gasteiger partial charge >= 0.3 is 6.18 Å². The molecule has 20 heavy (non-hydrogen) atoms. The predicted octanol–water partition coefficient (Wildman–Crippen LogP) is 3.12. The largest absolute Gasteiger partial charge is 0.497 e. The molecule has 114 valence electrons. The van der Waals surface area contributed by atoms with Crippen LogP contribution in [0.4, 0.5) is 13.2 Å². The van der Waals surface area contributed by atoms with Crippen LogP contribution in [0.15, 0.2) is 18.2 Å². The van der Waals surface area contributed by atoms with Crippen molar-refractivity contribution in [3.63, 3.8) is 0 Å². The van der Waals surface area contributed by atoms with E-state index in [-0.39, 0.29) is 17.2 Å². The van der Waals surface area contributed by atoms with E-state index >= 15 is 0 Å². The molecule has 0 fully saturated rings. The Morgan fingerprint density at radius 2 is 1.95 bits per heavy atom. The van der Waals surface area contributed by atoms with E-state index in [1.54, 1.807) is 6.92 Å². The molecule has 0 aromatic heterocycles. The minimum atomic E-state index is -4.54. The molecule has 0 spiro atoms. The van der Waals surface area contributed by atoms with Crippen molar-refractivity contribution in [2.75, 3.05) is 7.11 Å². The van der Waals surface area contributed by atoms with Gasteiger partial charge in [-0.15, -0.1) is 0 Å². The summed E-state index contributed by atoms with van der Waals surface area (Å²) in [7, 11) is 1.29. The molecule has 0 radical (unpaired) electrons. The minimum absolute atomic E-state index is 0.103. The zero-order chi connectivity index (χ0) is 15.5. The van der Waals surface area contributed by atoms with Crippen LogP contribution in [0.25, 0.3) is 0 Å². The second-order valence-corrected chi connectivity index (χ2v) is 4.85. The minimum Gasteiger partial charge on any atom is -0.497 e. The molecule has 1 aromatic carbocycles. The number of aliphatic hydroxyl groups is 1. The number of nitrogens with two attached hydrogens (primary N) is 1. The fourth-order valence-electron chi connectivity index (χ4n) is 1.98. The number of halogens is 3. The van der Waals surface area contributed by atoms with E-state index in [0.717, 1.165) is 6.07 Å². The van der Waals surface area contributed by atoms with Gasteiger partial charge in [0.1, 0.15) is 5.75 Å². The van der Waals surface area contributed by atoms with Crippen LogP contribution in [0.1, 0.15) is 37.4 Å². The van der Waals surface area contributed by atoms with Crippen molar-refractivity contribution < 1.29 is 23.0 Å². The number of aliphatic hydroxyl groups excluding tert-OH is 1. The average molecular weight is 291 g/mol. The maximum absolute atomic E-state index is 13.1. The summed E-state index contributed by atoms with van der Waals surface area (Å²) in [4.78, 5) is 0. The summed E-state index contributed by atoms with van der Waals surface area (Å²) in [5.74, 6) is -0.0838. The van der Waals surface area contributed by atoms with Crippen molar-refractivity contribution in [2.45, 2.75) is 38.6 Å². The highest BCUT2D eigenvalue weighted by molar-refractivity contribution is 5.39. The van der Waals surface area contributed by atoms with Crippen molar-refractivity contribution in [2.24, 2.45) is 11.7 Å². The Hall–Kier alpha value is -1.27. The highest BCUT2D eigenvalue weighted by Gasteiger charge is 2.37. The van der Waals surface area contributed by atoms with E-state index in [1.165, 1.54) is 19.2 Å². The van der Waals surface area contributed by atoms with Crippen LogP contribution in [0.2, 0.25) is 0 Å². The van der Waals surface area contributed by atoms with Crippen LogP contribution in [0.3, 0.4) is 0 Å². The summed E-state index contributed by atoms with van der Waals surface area (Å²) in [6, 6.07) is 2.48. The molecule has 3 nitrogen and oxygen atoms in total. The lowest BCUT2D eigenvalue weighted by Crippen LogP contribution is -2.33. The first-order valence-electron chi connectivity index (χ1n) is 6.41. The van der Waals surface area contributed by atoms with Crippen molar-refractivity contribution in [1.82, 2.24) is 0 Å². The van der Waals surface area contributed by atoms with E-state index in [2.05, 4.69) is 0 Å². The van der Waals surface area contributed by atoms with E-state index < -0.39 is 23.9 Å². The van der Waals surface area contributed by atoms with Crippen LogP contribution < -0.4 is 10.5 Å². The van der Waals surface area contributed by atoms with Gasteiger partial charge in [-0.1, -0.05) is 26.3 Å². The molecular weight excluding hydrogens is 271 g/mol. The molecule has 0 saturated heterocycles. The molecule has 0 heterocycles. The van der Waals surface area contributed by atoms with Crippen molar-refractivity contribution in [1.29, 1.82) is 0 Å². The monoisotopic (exact) mass is 291 g/mol. The van der Waals surface area contributed by atoms with E-state index in [0.29, 0.717) is 6.42 Å². The summed E-state index contributed by atoms with van der Waals surface area (Å²) in [6.45, 7) is 3.60. The van der Waals surface area contributed by atoms with E-state index in [9.17, 15) is 18.3 Å². The second kappa shape index (κ2) is 6.45. The third-order valence-electron chi connectivity index (χ3n) is 3.52. The first-order chi connectivity index (χ1) is 9.22. The normalized spacial score (nSPS) is 16.6. The van der Waals surface area contributed by atoms with Crippen molar-refractivity contribution in [3.05, 3.63) is 29.3 Å². The van der Waals surface area contributed by atoms with Crippen LogP contribution in [-0.4, -0.2) is 18.3 Å². The molecule has 6 heteroatoms. The van der Waals surface area contributed by atoms with Gasteiger partial charge in [-0.25, -0.2) is 0 Å². The first kappa shape index (κ1) is 16.8. The molecule has 1 aromatic rings. The molecule has 3 atom stereocenters. The Kier molecular flexibility index (Phi) is 5.42. The van der Waals surface area contributed by atoms with Crippen LogP contribution >= 0.6 is 0 Å². The van der Waals surface area contributed by atoms with Crippen LogP contribution in [-0.2, 0) is 6.18 Å². The Morgan fingerprint density at radius 3 is 2.40 bits per heavy atom. The third-order valence-corrected chi connectivity index (χ3v) is 3.52. The summed E-state index contributed by atoms with van der Waals surface area (Å²) in [5.41, 5.74) is 4.83. The van der Waals surface area contributed by atoms with Gasteiger partial charge in [0.2, 0.25) is 0 Å². The number of alkyl halides is 3. The molecule has 3 N–H and O–H groups in total. The summed E-state index contributed by atoms with van der Waals surface area (Å²) < 4.78 is 44.0. The Morgan fingerprint density at radius 1 is 1.35 bits per heavy atom. The van der Waals surface area contributed by atoms with Crippen LogP contribution in [0.5, 0.6) is 5.75 Å². The molecule has 1 unspecified atom stereocenters.